The molecule has 0 aliphatic carbocycles. The molecule has 110 valence electrons. The molecule has 0 spiro atoms. The van der Waals surface area contributed by atoms with E-state index < -0.39 is 29.2 Å². The van der Waals surface area contributed by atoms with Crippen LogP contribution in [0.1, 0.15) is 31.1 Å². The van der Waals surface area contributed by atoms with Crippen LogP contribution in [0.4, 0.5) is 10.1 Å². The number of esters is 1. The number of rotatable bonds is 3. The zero-order chi connectivity index (χ0) is 15.5. The van der Waals surface area contributed by atoms with Gasteiger partial charge in [0.05, 0.1) is 24.4 Å². The quantitative estimate of drug-likeness (QED) is 0.830. The van der Waals surface area contributed by atoms with Gasteiger partial charge in [0.15, 0.2) is 0 Å². The van der Waals surface area contributed by atoms with E-state index in [0.717, 1.165) is 6.07 Å². The molecule has 0 aliphatic heterocycles. The topological polar surface area (TPSA) is 81.4 Å². The van der Waals surface area contributed by atoms with Crippen molar-refractivity contribution >= 4 is 17.6 Å². The van der Waals surface area contributed by atoms with E-state index >= 15 is 0 Å². The van der Waals surface area contributed by atoms with Crippen LogP contribution in [-0.4, -0.2) is 25.0 Å². The van der Waals surface area contributed by atoms with Crippen molar-refractivity contribution in [2.24, 2.45) is 11.1 Å². The fourth-order valence-electron chi connectivity index (χ4n) is 1.47. The van der Waals surface area contributed by atoms with Gasteiger partial charge in [-0.05, 0) is 23.6 Å². The van der Waals surface area contributed by atoms with Crippen LogP contribution in [0.15, 0.2) is 18.2 Å². The minimum absolute atomic E-state index is 0.0994. The third-order valence-electron chi connectivity index (χ3n) is 2.86. The lowest BCUT2D eigenvalue weighted by Crippen LogP contribution is -2.45. The van der Waals surface area contributed by atoms with E-state index in [1.807, 2.05) is 0 Å². The highest BCUT2D eigenvalue weighted by Gasteiger charge is 2.28. The number of anilines is 1. The Kier molecular flexibility index (Phi) is 4.83. The number of nitrogens with one attached hydrogen (secondary N) is 1. The third-order valence-corrected chi connectivity index (χ3v) is 2.86. The first kappa shape index (κ1) is 16.1. The standard InChI is InChI=1S/C14H19FN2O3/c1-14(2,3)11(16)12(18)17-10-7-8(13(19)20-4)5-6-9(10)15/h5-7,11H,16H2,1-4H3,(H,17,18)/t11-/m0/s1. The highest BCUT2D eigenvalue weighted by atomic mass is 19.1. The molecule has 0 heterocycles. The number of benzene rings is 1. The van der Waals surface area contributed by atoms with Gasteiger partial charge in [0.1, 0.15) is 5.82 Å². The zero-order valence-corrected chi connectivity index (χ0v) is 12.0. The van der Waals surface area contributed by atoms with Crippen molar-refractivity contribution in [3.8, 4) is 0 Å². The highest BCUT2D eigenvalue weighted by molar-refractivity contribution is 5.97. The van der Waals surface area contributed by atoms with Crippen LogP contribution >= 0.6 is 0 Å². The number of amides is 1. The minimum atomic E-state index is -0.802. The monoisotopic (exact) mass is 282 g/mol. The Morgan fingerprint density at radius 1 is 1.35 bits per heavy atom. The van der Waals surface area contributed by atoms with Crippen molar-refractivity contribution < 1.29 is 18.7 Å². The van der Waals surface area contributed by atoms with Crippen molar-refractivity contribution in [2.75, 3.05) is 12.4 Å². The van der Waals surface area contributed by atoms with Crippen molar-refractivity contribution in [2.45, 2.75) is 26.8 Å². The van der Waals surface area contributed by atoms with E-state index in [1.165, 1.54) is 19.2 Å². The third kappa shape index (κ3) is 3.77. The maximum absolute atomic E-state index is 13.6. The molecule has 6 heteroatoms. The number of hydrogen-bond donors (Lipinski definition) is 2. The Bertz CT molecular complexity index is 524. The molecule has 0 unspecified atom stereocenters. The molecule has 5 nitrogen and oxygen atoms in total. The molecular weight excluding hydrogens is 263 g/mol. The molecular formula is C14H19FN2O3. The smallest absolute Gasteiger partial charge is 0.337 e. The Hall–Kier alpha value is -1.95. The zero-order valence-electron chi connectivity index (χ0n) is 12.0. The van der Waals surface area contributed by atoms with Gasteiger partial charge in [-0.1, -0.05) is 20.8 Å². The van der Waals surface area contributed by atoms with Crippen molar-refractivity contribution in [1.82, 2.24) is 0 Å². The highest BCUT2D eigenvalue weighted by Crippen LogP contribution is 2.21. The van der Waals surface area contributed by atoms with Gasteiger partial charge >= 0.3 is 5.97 Å². The lowest BCUT2D eigenvalue weighted by atomic mass is 9.87. The average molecular weight is 282 g/mol. The Morgan fingerprint density at radius 3 is 2.45 bits per heavy atom. The molecule has 0 aromatic heterocycles. The molecule has 1 atom stereocenters. The summed E-state index contributed by atoms with van der Waals surface area (Å²) in [4.78, 5) is 23.3. The predicted octanol–water partition coefficient (Wildman–Crippen LogP) is 1.92. The average Bonchev–Trinajstić information content (AvgIpc) is 2.38. The molecule has 1 aromatic rings. The number of halogens is 1. The second-order valence-corrected chi connectivity index (χ2v) is 5.52. The summed E-state index contributed by atoms with van der Waals surface area (Å²) < 4.78 is 18.2. The molecule has 0 saturated carbocycles. The van der Waals surface area contributed by atoms with E-state index in [4.69, 9.17) is 5.73 Å². The van der Waals surface area contributed by atoms with E-state index in [2.05, 4.69) is 10.1 Å². The molecule has 1 rings (SSSR count). The summed E-state index contributed by atoms with van der Waals surface area (Å²) in [5.41, 5.74) is 5.38. The maximum Gasteiger partial charge on any atom is 0.337 e. The second-order valence-electron chi connectivity index (χ2n) is 5.52. The molecule has 0 aliphatic rings. The maximum atomic E-state index is 13.6. The van der Waals surface area contributed by atoms with Crippen LogP contribution in [0.25, 0.3) is 0 Å². The van der Waals surface area contributed by atoms with Gasteiger partial charge in [-0.3, -0.25) is 4.79 Å². The Balaban J connectivity index is 2.97. The molecule has 3 N–H and O–H groups in total. The van der Waals surface area contributed by atoms with Crippen molar-refractivity contribution in [3.63, 3.8) is 0 Å². The minimum Gasteiger partial charge on any atom is -0.465 e. The van der Waals surface area contributed by atoms with Gasteiger partial charge in [-0.15, -0.1) is 0 Å². The van der Waals surface area contributed by atoms with Gasteiger partial charge in [0, 0.05) is 0 Å². The second kappa shape index (κ2) is 6.00. The van der Waals surface area contributed by atoms with Gasteiger partial charge < -0.3 is 15.8 Å². The van der Waals surface area contributed by atoms with Gasteiger partial charge in [-0.25, -0.2) is 9.18 Å². The number of carbonyl (C=O) groups is 2. The Morgan fingerprint density at radius 2 is 1.95 bits per heavy atom. The summed E-state index contributed by atoms with van der Waals surface area (Å²) in [6.45, 7) is 5.41. The normalized spacial score (nSPS) is 12.7. The first-order valence-electron chi connectivity index (χ1n) is 6.11. The lowest BCUT2D eigenvalue weighted by Gasteiger charge is -2.25. The fourth-order valence-corrected chi connectivity index (χ4v) is 1.47. The molecule has 0 radical (unpaired) electrons. The van der Waals surface area contributed by atoms with E-state index in [1.54, 1.807) is 20.8 Å². The van der Waals surface area contributed by atoms with Crippen LogP contribution < -0.4 is 11.1 Å². The number of carbonyl (C=O) groups excluding carboxylic acids is 2. The molecule has 1 amide bonds. The first-order chi connectivity index (χ1) is 9.16. The van der Waals surface area contributed by atoms with Crippen LogP contribution in [0.2, 0.25) is 0 Å². The Labute approximate surface area is 117 Å². The molecule has 20 heavy (non-hydrogen) atoms. The van der Waals surface area contributed by atoms with Crippen LogP contribution in [0.3, 0.4) is 0 Å². The van der Waals surface area contributed by atoms with Crippen LogP contribution in [-0.2, 0) is 9.53 Å². The van der Waals surface area contributed by atoms with Crippen LogP contribution in [0, 0.1) is 11.2 Å². The number of ether oxygens (including phenoxy) is 1. The largest absolute Gasteiger partial charge is 0.465 e. The predicted molar refractivity (Wildman–Crippen MR) is 73.8 cm³/mol. The summed E-state index contributed by atoms with van der Waals surface area (Å²) in [5, 5.41) is 2.39. The summed E-state index contributed by atoms with van der Waals surface area (Å²) in [7, 11) is 1.22. The fraction of sp³-hybridized carbons (Fsp3) is 0.429. The van der Waals surface area contributed by atoms with Gasteiger partial charge in [0.25, 0.3) is 0 Å². The van der Waals surface area contributed by atoms with Gasteiger partial charge in [0.2, 0.25) is 5.91 Å². The molecule has 1 aromatic carbocycles. The number of methoxy groups -OCH3 is 1. The molecule has 0 saturated heterocycles. The molecule has 0 bridgehead atoms. The van der Waals surface area contributed by atoms with Crippen LogP contribution in [0.5, 0.6) is 0 Å². The molecule has 0 fully saturated rings. The summed E-state index contributed by atoms with van der Waals surface area (Å²) in [5.74, 6) is -1.77. The van der Waals surface area contributed by atoms with E-state index in [9.17, 15) is 14.0 Å². The number of hydrogen-bond acceptors (Lipinski definition) is 4. The van der Waals surface area contributed by atoms with Crippen molar-refractivity contribution in [1.29, 1.82) is 0 Å². The lowest BCUT2D eigenvalue weighted by molar-refractivity contribution is -0.119. The van der Waals surface area contributed by atoms with E-state index in [-0.39, 0.29) is 11.3 Å². The number of nitrogens with two attached hydrogens (primary N) is 1. The van der Waals surface area contributed by atoms with E-state index in [0.29, 0.717) is 0 Å². The summed E-state index contributed by atoms with van der Waals surface area (Å²) in [6, 6.07) is 2.78. The van der Waals surface area contributed by atoms with Crippen molar-refractivity contribution in [3.05, 3.63) is 29.6 Å². The summed E-state index contributed by atoms with van der Waals surface area (Å²) in [6.07, 6.45) is 0. The SMILES string of the molecule is COC(=O)c1ccc(F)c(NC(=O)[C@H](N)C(C)(C)C)c1. The summed E-state index contributed by atoms with van der Waals surface area (Å²) >= 11 is 0. The first-order valence-corrected chi connectivity index (χ1v) is 6.11. The van der Waals surface area contributed by atoms with Gasteiger partial charge in [-0.2, -0.15) is 0 Å².